The van der Waals surface area contributed by atoms with Gasteiger partial charge in [-0.1, -0.05) is 22.0 Å². The Bertz CT molecular complexity index is 734. The van der Waals surface area contributed by atoms with Crippen LogP contribution >= 0.6 is 15.9 Å². The molecule has 0 saturated carbocycles. The summed E-state index contributed by atoms with van der Waals surface area (Å²) in [5.74, 6) is -1.45. The second-order valence-electron chi connectivity index (χ2n) is 4.37. The number of benzene rings is 2. The number of carbonyl (C=O) groups excluding carboxylic acids is 1. The van der Waals surface area contributed by atoms with Gasteiger partial charge in [-0.2, -0.15) is 0 Å². The van der Waals surface area contributed by atoms with Crippen LogP contribution in [-0.4, -0.2) is 10.8 Å². The fraction of sp³-hybridized carbons (Fsp3) is 0.0714. The smallest absolute Gasteiger partial charge is 0.273 e. The predicted molar refractivity (Wildman–Crippen MR) is 79.9 cm³/mol. The number of anilines is 1. The molecule has 0 aliphatic carbocycles. The topological polar surface area (TPSA) is 72.2 Å². The van der Waals surface area contributed by atoms with E-state index in [1.807, 2.05) is 6.07 Å². The van der Waals surface area contributed by atoms with Gasteiger partial charge in [-0.25, -0.2) is 4.39 Å². The Hall–Kier alpha value is -2.28. The molecule has 5 nitrogen and oxygen atoms in total. The Kier molecular flexibility index (Phi) is 4.32. The number of halogens is 2. The standard InChI is InChI=1S/C14H10BrFN2O3/c1-8-2-3-10(15)6-13(8)17-14(19)9-4-11(16)7-12(5-9)18(20)21/h2-7H,1H3,(H,17,19). The molecule has 0 saturated heterocycles. The van der Waals surface area contributed by atoms with Crippen LogP contribution in [0.4, 0.5) is 15.8 Å². The van der Waals surface area contributed by atoms with Crippen molar-refractivity contribution in [1.29, 1.82) is 0 Å². The van der Waals surface area contributed by atoms with Gasteiger partial charge in [0.25, 0.3) is 11.6 Å². The van der Waals surface area contributed by atoms with Gasteiger partial charge in [0.15, 0.2) is 0 Å². The molecular weight excluding hydrogens is 343 g/mol. The number of hydrogen-bond acceptors (Lipinski definition) is 3. The first kappa shape index (κ1) is 15.1. The van der Waals surface area contributed by atoms with Crippen LogP contribution in [0.3, 0.4) is 0 Å². The number of rotatable bonds is 3. The summed E-state index contributed by atoms with van der Waals surface area (Å²) in [6.45, 7) is 1.80. The lowest BCUT2D eigenvalue weighted by atomic mass is 10.1. The molecule has 0 atom stereocenters. The van der Waals surface area contributed by atoms with Crippen LogP contribution in [0.15, 0.2) is 40.9 Å². The molecule has 0 aromatic heterocycles. The average Bonchev–Trinajstić information content (AvgIpc) is 2.42. The summed E-state index contributed by atoms with van der Waals surface area (Å²) in [5, 5.41) is 13.3. The van der Waals surface area contributed by atoms with Crippen molar-refractivity contribution in [2.75, 3.05) is 5.32 Å². The predicted octanol–water partition coefficient (Wildman–Crippen LogP) is 4.06. The number of amides is 1. The van der Waals surface area contributed by atoms with Crippen LogP contribution < -0.4 is 5.32 Å². The molecule has 2 rings (SSSR count). The second kappa shape index (κ2) is 6.01. The van der Waals surface area contributed by atoms with Crippen LogP contribution in [0.25, 0.3) is 0 Å². The highest BCUT2D eigenvalue weighted by Gasteiger charge is 2.15. The van der Waals surface area contributed by atoms with E-state index in [2.05, 4.69) is 21.2 Å². The highest BCUT2D eigenvalue weighted by atomic mass is 79.9. The normalized spacial score (nSPS) is 10.2. The van der Waals surface area contributed by atoms with Crippen molar-refractivity contribution in [3.8, 4) is 0 Å². The zero-order valence-corrected chi connectivity index (χ0v) is 12.5. The van der Waals surface area contributed by atoms with E-state index in [4.69, 9.17) is 0 Å². The zero-order valence-electron chi connectivity index (χ0n) is 10.9. The van der Waals surface area contributed by atoms with Gasteiger partial charge in [-0.05, 0) is 30.7 Å². The molecule has 0 bridgehead atoms. The summed E-state index contributed by atoms with van der Waals surface area (Å²) in [6, 6.07) is 8.06. The van der Waals surface area contributed by atoms with Gasteiger partial charge >= 0.3 is 0 Å². The Morgan fingerprint density at radius 2 is 2.00 bits per heavy atom. The van der Waals surface area contributed by atoms with Gasteiger partial charge in [0.1, 0.15) is 5.82 Å². The fourth-order valence-electron chi connectivity index (χ4n) is 1.73. The number of carbonyl (C=O) groups is 1. The molecule has 0 heterocycles. The Balaban J connectivity index is 2.32. The van der Waals surface area contributed by atoms with E-state index in [0.717, 1.165) is 28.2 Å². The van der Waals surface area contributed by atoms with E-state index in [1.54, 1.807) is 19.1 Å². The highest BCUT2D eigenvalue weighted by Crippen LogP contribution is 2.22. The van der Waals surface area contributed by atoms with Crippen LogP contribution in [0.5, 0.6) is 0 Å². The van der Waals surface area contributed by atoms with Crippen LogP contribution in [0, 0.1) is 22.9 Å². The van der Waals surface area contributed by atoms with Gasteiger partial charge in [0, 0.05) is 21.8 Å². The van der Waals surface area contributed by atoms with E-state index < -0.39 is 22.3 Å². The van der Waals surface area contributed by atoms with Crippen molar-refractivity contribution in [2.24, 2.45) is 0 Å². The molecular formula is C14H10BrFN2O3. The molecule has 0 unspecified atom stereocenters. The number of nitrogens with zero attached hydrogens (tertiary/aromatic N) is 1. The van der Waals surface area contributed by atoms with Crippen LogP contribution in [0.2, 0.25) is 0 Å². The minimum absolute atomic E-state index is 0.110. The molecule has 0 aliphatic heterocycles. The Morgan fingerprint density at radius 1 is 1.29 bits per heavy atom. The third-order valence-corrected chi connectivity index (χ3v) is 3.30. The molecule has 108 valence electrons. The number of non-ortho nitro benzene ring substituents is 1. The van der Waals surface area contributed by atoms with E-state index >= 15 is 0 Å². The number of nitro benzene ring substituents is 1. The lowest BCUT2D eigenvalue weighted by Crippen LogP contribution is -2.13. The number of nitro groups is 1. The van der Waals surface area contributed by atoms with Gasteiger partial charge in [-0.3, -0.25) is 14.9 Å². The SMILES string of the molecule is Cc1ccc(Br)cc1NC(=O)c1cc(F)cc([N+](=O)[O-])c1. The third kappa shape index (κ3) is 3.63. The van der Waals surface area contributed by atoms with Crippen molar-refractivity contribution in [3.63, 3.8) is 0 Å². The maximum absolute atomic E-state index is 13.3. The zero-order chi connectivity index (χ0) is 15.6. The van der Waals surface area contributed by atoms with Crippen molar-refractivity contribution in [3.05, 3.63) is 67.9 Å². The third-order valence-electron chi connectivity index (χ3n) is 2.80. The molecule has 0 aliphatic rings. The summed E-state index contributed by atoms with van der Waals surface area (Å²) < 4.78 is 14.1. The summed E-state index contributed by atoms with van der Waals surface area (Å²) in [5.41, 5.74) is 0.783. The minimum atomic E-state index is -0.833. The van der Waals surface area contributed by atoms with Crippen molar-refractivity contribution in [1.82, 2.24) is 0 Å². The quantitative estimate of drug-likeness (QED) is 0.668. The van der Waals surface area contributed by atoms with Gasteiger partial charge < -0.3 is 5.32 Å². The number of nitrogens with one attached hydrogen (secondary N) is 1. The van der Waals surface area contributed by atoms with Crippen molar-refractivity contribution in [2.45, 2.75) is 6.92 Å². The summed E-state index contributed by atoms with van der Waals surface area (Å²) in [4.78, 5) is 22.0. The lowest BCUT2D eigenvalue weighted by Gasteiger charge is -2.09. The van der Waals surface area contributed by atoms with E-state index in [0.29, 0.717) is 5.69 Å². The summed E-state index contributed by atoms with van der Waals surface area (Å²) in [6.07, 6.45) is 0. The lowest BCUT2D eigenvalue weighted by molar-refractivity contribution is -0.385. The maximum atomic E-state index is 13.3. The molecule has 2 aromatic carbocycles. The van der Waals surface area contributed by atoms with Crippen molar-refractivity contribution >= 4 is 33.2 Å². The molecule has 1 N–H and O–H groups in total. The molecule has 0 fully saturated rings. The van der Waals surface area contributed by atoms with E-state index in [9.17, 15) is 19.3 Å². The Morgan fingerprint density at radius 3 is 2.67 bits per heavy atom. The molecule has 21 heavy (non-hydrogen) atoms. The first-order chi connectivity index (χ1) is 9.86. The molecule has 0 spiro atoms. The van der Waals surface area contributed by atoms with Gasteiger partial charge in [0.05, 0.1) is 11.0 Å². The molecule has 1 amide bonds. The maximum Gasteiger partial charge on any atom is 0.273 e. The van der Waals surface area contributed by atoms with Gasteiger partial charge in [0.2, 0.25) is 0 Å². The highest BCUT2D eigenvalue weighted by molar-refractivity contribution is 9.10. The van der Waals surface area contributed by atoms with E-state index in [-0.39, 0.29) is 5.56 Å². The Labute approximate surface area is 128 Å². The summed E-state index contributed by atoms with van der Waals surface area (Å²) >= 11 is 3.28. The fourth-order valence-corrected chi connectivity index (χ4v) is 2.10. The van der Waals surface area contributed by atoms with Crippen LogP contribution in [0.1, 0.15) is 15.9 Å². The first-order valence-electron chi connectivity index (χ1n) is 5.89. The average molecular weight is 353 g/mol. The minimum Gasteiger partial charge on any atom is -0.322 e. The summed E-state index contributed by atoms with van der Waals surface area (Å²) in [7, 11) is 0. The van der Waals surface area contributed by atoms with E-state index in [1.165, 1.54) is 0 Å². The monoisotopic (exact) mass is 352 g/mol. The first-order valence-corrected chi connectivity index (χ1v) is 6.68. The number of hydrogen-bond donors (Lipinski definition) is 1. The molecule has 7 heteroatoms. The van der Waals surface area contributed by atoms with Gasteiger partial charge in [-0.15, -0.1) is 0 Å². The largest absolute Gasteiger partial charge is 0.322 e. The van der Waals surface area contributed by atoms with Crippen LogP contribution in [-0.2, 0) is 0 Å². The number of aryl methyl sites for hydroxylation is 1. The molecule has 0 radical (unpaired) electrons. The second-order valence-corrected chi connectivity index (χ2v) is 5.28. The molecule has 2 aromatic rings. The van der Waals surface area contributed by atoms with Crippen molar-refractivity contribution < 1.29 is 14.1 Å².